The molecule has 0 bridgehead atoms. The first-order valence-corrected chi connectivity index (χ1v) is 13.6. The van der Waals surface area contributed by atoms with Crippen molar-refractivity contribution < 1.29 is 44.2 Å². The van der Waals surface area contributed by atoms with Crippen LogP contribution in [-0.4, -0.2) is 42.5 Å². The molecule has 0 aromatic heterocycles. The number of halogens is 7. The monoisotopic (exact) mass is 584 g/mol. The zero-order chi connectivity index (χ0) is 26.4. The SMILES string of the molecule is FC1C(F)C(F)C(F)C(F)C1F.O.[Cl-].c1ccc([P+](c2ccccc2)(c2ccccc2)c2ccccc2)cc1. The molecule has 0 amide bonds. The second kappa shape index (κ2) is 14.5. The van der Waals surface area contributed by atoms with Gasteiger partial charge in [0.2, 0.25) is 0 Å². The molecule has 2 N–H and O–H groups in total. The summed E-state index contributed by atoms with van der Waals surface area (Å²) in [5, 5.41) is 5.55. The normalized spacial score (nSPS) is 24.3. The predicted molar refractivity (Wildman–Crippen MR) is 144 cm³/mol. The highest BCUT2D eigenvalue weighted by Gasteiger charge is 2.54. The van der Waals surface area contributed by atoms with Crippen molar-refractivity contribution in [1.29, 1.82) is 0 Å². The van der Waals surface area contributed by atoms with Crippen LogP contribution >= 0.6 is 7.26 Å². The van der Waals surface area contributed by atoms with E-state index in [1.807, 2.05) is 0 Å². The molecular formula is C30H28ClF6OP. The van der Waals surface area contributed by atoms with Gasteiger partial charge >= 0.3 is 0 Å². The molecule has 0 spiro atoms. The van der Waals surface area contributed by atoms with Crippen LogP contribution in [0, 0.1) is 0 Å². The molecule has 1 aliphatic carbocycles. The molecule has 9 heteroatoms. The van der Waals surface area contributed by atoms with Crippen LogP contribution in [0.15, 0.2) is 121 Å². The third-order valence-corrected chi connectivity index (χ3v) is 10.7. The molecule has 0 saturated heterocycles. The van der Waals surface area contributed by atoms with Gasteiger partial charge in [0.05, 0.1) is 0 Å². The Balaban J connectivity index is 0.000000326. The van der Waals surface area contributed by atoms with E-state index in [-0.39, 0.29) is 17.9 Å². The largest absolute Gasteiger partial charge is 1.00 e. The highest BCUT2D eigenvalue weighted by Crippen LogP contribution is 2.54. The molecule has 4 aromatic rings. The second-order valence-corrected chi connectivity index (χ2v) is 12.1. The van der Waals surface area contributed by atoms with E-state index in [1.165, 1.54) is 21.2 Å². The molecule has 208 valence electrons. The Hall–Kier alpha value is -2.86. The third-order valence-electron chi connectivity index (χ3n) is 6.40. The quantitative estimate of drug-likeness (QED) is 0.261. The molecule has 39 heavy (non-hydrogen) atoms. The van der Waals surface area contributed by atoms with Crippen LogP contribution in [-0.2, 0) is 0 Å². The lowest BCUT2D eigenvalue weighted by molar-refractivity contribution is -0.0969. The minimum atomic E-state index is -2.91. The number of hydrogen-bond acceptors (Lipinski definition) is 0. The maximum atomic E-state index is 12.2. The van der Waals surface area contributed by atoms with Gasteiger partial charge in [-0.05, 0) is 48.5 Å². The Bertz CT molecular complexity index is 1020. The van der Waals surface area contributed by atoms with Crippen LogP contribution in [0.4, 0.5) is 26.3 Å². The fourth-order valence-electron chi connectivity index (χ4n) is 4.55. The van der Waals surface area contributed by atoms with E-state index in [0.717, 1.165) is 0 Å². The van der Waals surface area contributed by atoms with E-state index in [2.05, 4.69) is 121 Å². The van der Waals surface area contributed by atoms with Crippen molar-refractivity contribution in [3.05, 3.63) is 121 Å². The summed E-state index contributed by atoms with van der Waals surface area (Å²) in [4.78, 5) is 0. The first-order chi connectivity index (χ1) is 17.9. The Morgan fingerprint density at radius 2 is 0.487 bits per heavy atom. The molecule has 0 heterocycles. The van der Waals surface area contributed by atoms with Crippen LogP contribution in [0.5, 0.6) is 0 Å². The Kier molecular flexibility index (Phi) is 12.0. The first-order valence-electron chi connectivity index (χ1n) is 11.8. The molecule has 5 rings (SSSR count). The fourth-order valence-corrected chi connectivity index (χ4v) is 8.82. The van der Waals surface area contributed by atoms with E-state index in [9.17, 15) is 26.3 Å². The second-order valence-electron chi connectivity index (χ2n) is 8.68. The number of alkyl halides is 6. The smallest absolute Gasteiger partial charge is 0.168 e. The Morgan fingerprint density at radius 1 is 0.333 bits per heavy atom. The van der Waals surface area contributed by atoms with Gasteiger partial charge in [-0.1, -0.05) is 72.8 Å². The summed E-state index contributed by atoms with van der Waals surface area (Å²) in [6.45, 7) is 0. The molecule has 0 radical (unpaired) electrons. The van der Waals surface area contributed by atoms with Crippen molar-refractivity contribution in [2.75, 3.05) is 0 Å². The standard InChI is InChI=1S/C24H20P.C6H6F6.ClH.H2O/c1-5-13-21(14-6-1)25(22-15-7-2-8-16-22,23-17-9-3-10-18-23)24-19-11-4-12-20-24;7-1-2(8)4(10)6(12)5(11)3(1)9;;/h1-20H;1-6H;1H;1H2/q+1;;;/p-1. The van der Waals surface area contributed by atoms with Crippen molar-refractivity contribution in [3.8, 4) is 0 Å². The van der Waals surface area contributed by atoms with E-state index in [1.54, 1.807) is 0 Å². The summed E-state index contributed by atoms with van der Waals surface area (Å²) in [7, 11) is -1.91. The molecule has 0 aliphatic heterocycles. The topological polar surface area (TPSA) is 31.5 Å². The van der Waals surface area contributed by atoms with Crippen LogP contribution in [0.25, 0.3) is 0 Å². The predicted octanol–water partition coefficient (Wildman–Crippen LogP) is 2.51. The van der Waals surface area contributed by atoms with Gasteiger partial charge in [-0.25, -0.2) is 26.3 Å². The van der Waals surface area contributed by atoms with E-state index < -0.39 is 44.3 Å². The van der Waals surface area contributed by atoms with Gasteiger partial charge in [0.15, 0.2) is 37.0 Å². The third kappa shape index (κ3) is 6.49. The summed E-state index contributed by atoms with van der Waals surface area (Å²) < 4.78 is 73.5. The molecular weight excluding hydrogens is 557 g/mol. The van der Waals surface area contributed by atoms with Crippen molar-refractivity contribution >= 4 is 28.5 Å². The van der Waals surface area contributed by atoms with Gasteiger partial charge < -0.3 is 17.9 Å². The lowest BCUT2D eigenvalue weighted by Crippen LogP contribution is -3.00. The minimum absolute atomic E-state index is 0. The summed E-state index contributed by atoms with van der Waals surface area (Å²) in [5.41, 5.74) is 0. The van der Waals surface area contributed by atoms with Gasteiger partial charge in [-0.3, -0.25) is 0 Å². The Labute approximate surface area is 231 Å². The average Bonchev–Trinajstić information content (AvgIpc) is 2.97. The minimum Gasteiger partial charge on any atom is -1.00 e. The maximum absolute atomic E-state index is 12.2. The van der Waals surface area contributed by atoms with Crippen molar-refractivity contribution in [3.63, 3.8) is 0 Å². The summed E-state index contributed by atoms with van der Waals surface area (Å²) in [6, 6.07) is 43.8. The van der Waals surface area contributed by atoms with Crippen LogP contribution in [0.2, 0.25) is 0 Å². The number of rotatable bonds is 4. The van der Waals surface area contributed by atoms with Crippen molar-refractivity contribution in [2.45, 2.75) is 37.0 Å². The maximum Gasteiger partial charge on any atom is 0.168 e. The first kappa shape index (κ1) is 32.4. The van der Waals surface area contributed by atoms with Gasteiger partial charge in [0.25, 0.3) is 0 Å². The van der Waals surface area contributed by atoms with Gasteiger partial charge in [-0.2, -0.15) is 0 Å². The fraction of sp³-hybridized carbons (Fsp3) is 0.200. The zero-order valence-corrected chi connectivity index (χ0v) is 22.3. The molecule has 0 atom stereocenters. The summed E-state index contributed by atoms with van der Waals surface area (Å²) in [6.07, 6.45) is -17.5. The lowest BCUT2D eigenvalue weighted by atomic mass is 9.90. The number of hydrogen-bond donors (Lipinski definition) is 0. The summed E-state index contributed by atoms with van der Waals surface area (Å²) >= 11 is 0. The highest BCUT2D eigenvalue weighted by atomic mass is 35.5. The zero-order valence-electron chi connectivity index (χ0n) is 20.6. The molecule has 1 aliphatic rings. The molecule has 1 saturated carbocycles. The van der Waals surface area contributed by atoms with Gasteiger partial charge in [0.1, 0.15) is 28.5 Å². The van der Waals surface area contributed by atoms with Crippen LogP contribution in [0.3, 0.4) is 0 Å². The molecule has 1 fully saturated rings. The van der Waals surface area contributed by atoms with E-state index >= 15 is 0 Å². The van der Waals surface area contributed by atoms with Crippen LogP contribution < -0.4 is 33.6 Å². The Morgan fingerprint density at radius 3 is 0.641 bits per heavy atom. The van der Waals surface area contributed by atoms with Crippen molar-refractivity contribution in [2.24, 2.45) is 0 Å². The lowest BCUT2D eigenvalue weighted by Gasteiger charge is -2.31. The van der Waals surface area contributed by atoms with Crippen LogP contribution in [0.1, 0.15) is 0 Å². The number of benzene rings is 4. The molecule has 4 aromatic carbocycles. The molecule has 0 unspecified atom stereocenters. The highest BCUT2D eigenvalue weighted by molar-refractivity contribution is 8.01. The molecule has 1 nitrogen and oxygen atoms in total. The van der Waals surface area contributed by atoms with Gasteiger partial charge in [0, 0.05) is 0 Å². The summed E-state index contributed by atoms with van der Waals surface area (Å²) in [5.74, 6) is 0. The van der Waals surface area contributed by atoms with Crippen molar-refractivity contribution in [1.82, 2.24) is 0 Å². The van der Waals surface area contributed by atoms with E-state index in [0.29, 0.717) is 0 Å². The van der Waals surface area contributed by atoms with Gasteiger partial charge in [-0.15, -0.1) is 0 Å². The average molecular weight is 585 g/mol. The van der Waals surface area contributed by atoms with E-state index in [4.69, 9.17) is 0 Å².